The van der Waals surface area contributed by atoms with Gasteiger partial charge >= 0.3 is 53.7 Å². The number of nitrogens with zero attached hydrogens (tertiary/aromatic N) is 14. The zero-order chi connectivity index (χ0) is 71.6. The highest BCUT2D eigenvalue weighted by molar-refractivity contribution is 5.81. The van der Waals surface area contributed by atoms with Gasteiger partial charge < -0.3 is 62.0 Å². The van der Waals surface area contributed by atoms with Crippen LogP contribution in [0.5, 0.6) is 5.75 Å². The number of Topliss-reactive ketones (excluding diaryl/α,β-unsaturated/α-hetero) is 1. The summed E-state index contributed by atoms with van der Waals surface area (Å²) in [4.78, 5) is 157. The molecule has 0 aliphatic carbocycles. The third kappa shape index (κ3) is 38.1. The number of hydrogen-bond donors (Lipinski definition) is 11. The fourth-order valence-corrected chi connectivity index (χ4v) is 9.25. The number of hydrogen-bond acceptors (Lipinski definition) is 24. The van der Waals surface area contributed by atoms with Crippen LogP contribution in [0.3, 0.4) is 0 Å². The first-order valence-electron chi connectivity index (χ1n) is 29.3. The van der Waals surface area contributed by atoms with Gasteiger partial charge in [0.25, 0.3) is 0 Å². The van der Waals surface area contributed by atoms with Crippen LogP contribution in [-0.4, -0.2) is 340 Å². The van der Waals surface area contributed by atoms with Gasteiger partial charge in [-0.1, -0.05) is 10.2 Å². The first-order valence-corrected chi connectivity index (χ1v) is 29.3. The van der Waals surface area contributed by atoms with Crippen LogP contribution >= 0.6 is 0 Å². The van der Waals surface area contributed by atoms with Crippen molar-refractivity contribution < 1.29 is 121 Å². The molecule has 0 aromatic heterocycles. The molecule has 2 amide bonds. The van der Waals surface area contributed by atoms with Crippen molar-refractivity contribution >= 4 is 71.3 Å². The van der Waals surface area contributed by atoms with Crippen LogP contribution in [0.1, 0.15) is 38.5 Å². The molecule has 532 valence electrons. The molecule has 0 spiro atoms. The first-order chi connectivity index (χ1) is 44.9. The first kappa shape index (κ1) is 84.1. The van der Waals surface area contributed by atoms with Crippen LogP contribution in [0.25, 0.3) is 20.9 Å². The van der Waals surface area contributed by atoms with Crippen molar-refractivity contribution in [2.24, 2.45) is 16.0 Å². The summed E-state index contributed by atoms with van der Waals surface area (Å²) in [5.41, 5.74) is 21.5. The van der Waals surface area contributed by atoms with Crippen molar-refractivity contribution in [1.29, 1.82) is 0 Å². The number of rotatable bonds is 33. The number of ketones is 1. The van der Waals surface area contributed by atoms with Crippen LogP contribution in [0, 0.1) is 23.3 Å². The van der Waals surface area contributed by atoms with E-state index in [1.807, 2.05) is 0 Å². The Balaban J connectivity index is 0.000000770. The minimum absolute atomic E-state index is 0.00991. The summed E-state index contributed by atoms with van der Waals surface area (Å²) < 4.78 is 55.3. The van der Waals surface area contributed by atoms with Gasteiger partial charge in [0.2, 0.25) is 29.2 Å². The standard InChI is InChI=1S/C24H40N8O10.C21H38N6O9.C8H3F4N3O2/c25-28-27-14-18(33)2-1-5-26-20(34)4-3-19(24(41)42)32-12-10-30(16-22(37)38)8-6-29(15-21(35)36)7-9-31(11-13-32)17-23(39)40;22-3-4-23-17(28)2-1-16(21(35)36)27-11-9-25(14-19(31)32)7-5-24(13-18(29)30)6-8-26(10-12-27)15-20(33)34;9-3-1-4(10)7(12)8(6(3)11)17-5(16)2-14-15-13/h19H,1-17H2,(H,26,34)(H,35,36)(H,37,38)(H,39,40)(H,41,42);16H,1-15,22H2,(H,23,28)(H,29,30)(H,31,32)(H,33,34)(H,35,36);1H,2H2. The predicted octanol–water partition coefficient (Wildman–Crippen LogP) is -2.30. The van der Waals surface area contributed by atoms with E-state index in [2.05, 4.69) is 35.4 Å². The van der Waals surface area contributed by atoms with E-state index in [1.54, 1.807) is 39.2 Å². The Morgan fingerprint density at radius 3 is 1.05 bits per heavy atom. The summed E-state index contributed by atoms with van der Waals surface area (Å²) in [6.07, 6.45) is 0.190. The van der Waals surface area contributed by atoms with Gasteiger partial charge in [0.1, 0.15) is 24.4 Å². The fourth-order valence-electron chi connectivity index (χ4n) is 9.25. The van der Waals surface area contributed by atoms with Gasteiger partial charge in [-0.15, -0.1) is 0 Å². The molecule has 2 aliphatic rings. The predicted molar refractivity (Wildman–Crippen MR) is 318 cm³/mol. The summed E-state index contributed by atoms with van der Waals surface area (Å²) in [6.45, 7) is 0.638. The van der Waals surface area contributed by atoms with E-state index in [4.69, 9.17) is 16.8 Å². The number of nitrogens with two attached hydrogens (primary N) is 1. The molecule has 1 aromatic rings. The molecule has 2 heterocycles. The molecular formula is C53H81F4N17O21. The van der Waals surface area contributed by atoms with Crippen LogP contribution in [0.2, 0.25) is 0 Å². The number of carboxylic acid groups (broad SMARTS) is 8. The van der Waals surface area contributed by atoms with Gasteiger partial charge in [-0.05, 0) is 30.3 Å². The number of nitrogens with one attached hydrogen (secondary N) is 2. The molecule has 38 nitrogen and oxygen atoms in total. The number of carbonyl (C=O) groups excluding carboxylic acids is 4. The monoisotopic (exact) mass is 1370 g/mol. The molecule has 2 unspecified atom stereocenters. The SMILES string of the molecule is NCCNC(=O)CCC(C(=O)O)N1CCN(CC(=O)O)CCN(CC(=O)O)CCN(CC(=O)O)CC1.[N-]=[N+]=NCC(=O)CCCNC(=O)CCC(C(=O)O)N1CCN(CC(=O)O)CCN(CC(=O)O)CCN(CC(=O)O)CC1.[N-]=[N+]=NCC(=O)Oc1c(F)c(F)cc(F)c1F. The lowest BCUT2D eigenvalue weighted by Gasteiger charge is -2.35. The summed E-state index contributed by atoms with van der Waals surface area (Å²) in [7, 11) is 0. The topological polar surface area (TPSA) is 549 Å². The van der Waals surface area contributed by atoms with Crippen molar-refractivity contribution in [3.8, 4) is 5.75 Å². The number of benzene rings is 1. The number of azide groups is 2. The third-order valence-electron chi connectivity index (χ3n) is 13.9. The van der Waals surface area contributed by atoms with Gasteiger partial charge in [-0.25, -0.2) is 8.78 Å². The maximum absolute atomic E-state index is 13.0. The van der Waals surface area contributed by atoms with E-state index in [-0.39, 0.29) is 220 Å². The minimum Gasteiger partial charge on any atom is -0.480 e. The second kappa shape index (κ2) is 47.0. The Hall–Kier alpha value is -8.96. The molecule has 1 aromatic carbocycles. The number of amides is 2. The van der Waals surface area contributed by atoms with Crippen LogP contribution < -0.4 is 21.1 Å². The number of carbonyl (C=O) groups is 12. The average molecular weight is 1370 g/mol. The van der Waals surface area contributed by atoms with Gasteiger partial charge in [-0.3, -0.25) is 96.7 Å². The molecule has 2 fully saturated rings. The van der Waals surface area contributed by atoms with Crippen LogP contribution in [0.15, 0.2) is 16.3 Å². The second-order valence-electron chi connectivity index (χ2n) is 21.1. The Labute approximate surface area is 539 Å². The number of carboxylic acids is 8. The Morgan fingerprint density at radius 1 is 0.474 bits per heavy atom. The van der Waals surface area contributed by atoms with Crippen molar-refractivity contribution in [3.63, 3.8) is 0 Å². The zero-order valence-electron chi connectivity index (χ0n) is 51.8. The molecule has 0 bridgehead atoms. The normalized spacial score (nSPS) is 16.3. The van der Waals surface area contributed by atoms with E-state index < -0.39 is 107 Å². The lowest BCUT2D eigenvalue weighted by Crippen LogP contribution is -2.52. The van der Waals surface area contributed by atoms with Gasteiger partial charge in [0.05, 0.1) is 45.8 Å². The molecule has 42 heteroatoms. The van der Waals surface area contributed by atoms with Gasteiger partial charge in [0.15, 0.2) is 11.6 Å². The second-order valence-corrected chi connectivity index (χ2v) is 21.1. The molecule has 2 saturated heterocycles. The molecular weight excluding hydrogens is 1290 g/mol. The number of aliphatic carboxylic acids is 8. The maximum Gasteiger partial charge on any atom is 0.320 e. The number of ether oxygens (including phenoxy) is 1. The highest BCUT2D eigenvalue weighted by Crippen LogP contribution is 2.26. The Bertz CT molecular complexity index is 2750. The van der Waals surface area contributed by atoms with Gasteiger partial charge in [-0.2, -0.15) is 8.78 Å². The summed E-state index contributed by atoms with van der Waals surface area (Å²) in [5.74, 6) is -19.8. The van der Waals surface area contributed by atoms with Crippen molar-refractivity contribution in [2.45, 2.75) is 50.6 Å². The molecule has 12 N–H and O–H groups in total. The summed E-state index contributed by atoms with van der Waals surface area (Å²) in [5, 5.41) is 86.7. The van der Waals surface area contributed by atoms with E-state index >= 15 is 0 Å². The van der Waals surface area contributed by atoms with Crippen LogP contribution in [-0.2, 0) is 57.5 Å². The summed E-state index contributed by atoms with van der Waals surface area (Å²) >= 11 is 0. The Morgan fingerprint density at radius 2 is 0.768 bits per heavy atom. The van der Waals surface area contributed by atoms with Crippen LogP contribution in [0.4, 0.5) is 17.6 Å². The summed E-state index contributed by atoms with van der Waals surface area (Å²) in [6, 6.07) is -2.19. The smallest absolute Gasteiger partial charge is 0.320 e. The molecule has 2 atom stereocenters. The molecule has 0 radical (unpaired) electrons. The van der Waals surface area contributed by atoms with E-state index in [0.717, 1.165) is 0 Å². The van der Waals surface area contributed by atoms with Crippen molar-refractivity contribution in [2.75, 3.05) is 177 Å². The van der Waals surface area contributed by atoms with Crippen molar-refractivity contribution in [1.82, 2.24) is 49.8 Å². The molecule has 3 rings (SSSR count). The lowest BCUT2D eigenvalue weighted by molar-refractivity contribution is -0.145. The number of halogens is 4. The number of esters is 1. The van der Waals surface area contributed by atoms with Gasteiger partial charge in [0, 0.05) is 160 Å². The lowest BCUT2D eigenvalue weighted by atomic mass is 10.1. The Kier molecular flexibility index (Phi) is 41.6. The van der Waals surface area contributed by atoms with E-state index in [9.17, 15) is 116 Å². The highest BCUT2D eigenvalue weighted by Gasteiger charge is 2.31. The minimum atomic E-state index is -1.85. The van der Waals surface area contributed by atoms with E-state index in [1.165, 1.54) is 0 Å². The average Bonchev–Trinajstić information content (AvgIpc) is 0.837. The third-order valence-corrected chi connectivity index (χ3v) is 13.9. The largest absolute Gasteiger partial charge is 0.480 e. The zero-order valence-corrected chi connectivity index (χ0v) is 51.8. The van der Waals surface area contributed by atoms with E-state index in [0.29, 0.717) is 6.42 Å². The molecule has 2 aliphatic heterocycles. The highest BCUT2D eigenvalue weighted by atomic mass is 19.2. The fraction of sp³-hybridized carbons (Fsp3) is 0.660. The van der Waals surface area contributed by atoms with Crippen molar-refractivity contribution in [3.05, 3.63) is 50.2 Å². The molecule has 0 saturated carbocycles. The maximum atomic E-state index is 13.0. The molecule has 95 heavy (non-hydrogen) atoms. The quantitative estimate of drug-likeness (QED) is 0.00515.